The molecule has 1 saturated heterocycles. The number of para-hydroxylation sites is 2. The van der Waals surface area contributed by atoms with Crippen molar-refractivity contribution in [2.75, 3.05) is 11.9 Å². The zero-order valence-corrected chi connectivity index (χ0v) is 23.7. The third-order valence-corrected chi connectivity index (χ3v) is 8.97. The van der Waals surface area contributed by atoms with Crippen LogP contribution in [0.25, 0.3) is 6.08 Å². The summed E-state index contributed by atoms with van der Waals surface area (Å²) >= 11 is 0. The van der Waals surface area contributed by atoms with Crippen molar-refractivity contribution in [2.24, 2.45) is 5.92 Å². The van der Waals surface area contributed by atoms with E-state index < -0.39 is 23.4 Å². The van der Waals surface area contributed by atoms with Crippen LogP contribution in [0, 0.1) is 12.8 Å². The first kappa shape index (κ1) is 26.7. The Kier molecular flexibility index (Phi) is 6.35. The third-order valence-electron chi connectivity index (χ3n) is 8.97. The van der Waals surface area contributed by atoms with Gasteiger partial charge < -0.3 is 15.0 Å². The van der Waals surface area contributed by atoms with Crippen molar-refractivity contribution in [1.29, 1.82) is 0 Å². The topological polar surface area (TPSA) is 75.7 Å². The first-order valence-electron chi connectivity index (χ1n) is 14.4. The van der Waals surface area contributed by atoms with Crippen LogP contribution in [-0.4, -0.2) is 35.0 Å². The van der Waals surface area contributed by atoms with E-state index in [4.69, 9.17) is 4.74 Å². The minimum atomic E-state index is -1.40. The van der Waals surface area contributed by atoms with Crippen molar-refractivity contribution in [2.45, 2.75) is 24.4 Å². The number of fused-ring (bicyclic) bond motifs is 6. The van der Waals surface area contributed by atoms with Crippen molar-refractivity contribution in [3.05, 3.63) is 149 Å². The monoisotopic (exact) mass is 566 g/mol. The van der Waals surface area contributed by atoms with E-state index in [0.29, 0.717) is 28.1 Å². The molecular weight excluding hydrogens is 536 g/mol. The van der Waals surface area contributed by atoms with Gasteiger partial charge in [-0.15, -0.1) is 0 Å². The van der Waals surface area contributed by atoms with Gasteiger partial charge in [0.2, 0.25) is 5.91 Å². The first-order valence-corrected chi connectivity index (χ1v) is 14.4. The zero-order chi connectivity index (χ0) is 29.7. The van der Waals surface area contributed by atoms with E-state index in [2.05, 4.69) is 11.9 Å². The molecule has 1 spiro atoms. The number of hydrogen-bond donors (Lipinski definition) is 1. The van der Waals surface area contributed by atoms with Gasteiger partial charge in [-0.1, -0.05) is 97.1 Å². The molecule has 7 rings (SSSR count). The highest BCUT2D eigenvalue weighted by Crippen LogP contribution is 2.62. The maximum atomic E-state index is 15.1. The number of benzene rings is 4. The van der Waals surface area contributed by atoms with Crippen LogP contribution in [0.15, 0.2) is 116 Å². The molecule has 3 aliphatic rings. The van der Waals surface area contributed by atoms with Crippen molar-refractivity contribution < 1.29 is 19.1 Å². The maximum Gasteiger partial charge on any atom is 0.238 e. The van der Waals surface area contributed by atoms with E-state index >= 15 is 4.79 Å². The lowest BCUT2D eigenvalue weighted by atomic mass is 9.62. The third kappa shape index (κ3) is 3.90. The van der Waals surface area contributed by atoms with Gasteiger partial charge in [-0.25, -0.2) is 0 Å². The Labute approximate surface area is 250 Å². The summed E-state index contributed by atoms with van der Waals surface area (Å²) in [5.74, 6) is -1.52. The second-order valence-corrected chi connectivity index (χ2v) is 11.3. The van der Waals surface area contributed by atoms with Gasteiger partial charge in [0.05, 0.1) is 17.5 Å². The van der Waals surface area contributed by atoms with Gasteiger partial charge in [-0.3, -0.25) is 14.4 Å². The predicted molar refractivity (Wildman–Crippen MR) is 166 cm³/mol. The minimum Gasteiger partial charge on any atom is -0.489 e. The van der Waals surface area contributed by atoms with Crippen LogP contribution in [0.3, 0.4) is 0 Å². The Hall–Kier alpha value is -5.23. The molecule has 1 N–H and O–H groups in total. The number of carbonyl (C=O) groups is 3. The summed E-state index contributed by atoms with van der Waals surface area (Å²) in [6, 6.07) is 28.2. The number of aryl methyl sites for hydroxylation is 1. The lowest BCUT2D eigenvalue weighted by Crippen LogP contribution is -2.49. The molecule has 0 bridgehead atoms. The number of rotatable bonds is 7. The van der Waals surface area contributed by atoms with Crippen molar-refractivity contribution >= 4 is 29.2 Å². The molecule has 0 saturated carbocycles. The average Bonchev–Trinajstić information content (AvgIpc) is 3.52. The molecule has 3 aliphatic heterocycles. The van der Waals surface area contributed by atoms with Crippen LogP contribution < -0.4 is 10.1 Å². The Morgan fingerprint density at radius 1 is 0.930 bits per heavy atom. The average molecular weight is 567 g/mol. The van der Waals surface area contributed by atoms with Gasteiger partial charge in [0.1, 0.15) is 23.8 Å². The summed E-state index contributed by atoms with van der Waals surface area (Å²) in [4.78, 5) is 46.3. The van der Waals surface area contributed by atoms with Crippen LogP contribution >= 0.6 is 0 Å². The number of nitrogens with zero attached hydrogens (tertiary/aromatic N) is 1. The van der Waals surface area contributed by atoms with Crippen LogP contribution in [0.4, 0.5) is 5.69 Å². The predicted octanol–water partition coefficient (Wildman–Crippen LogP) is 6.54. The number of Topliss-reactive ketones (excluding diaryl/α,β-unsaturated/α-hetero) is 2. The van der Waals surface area contributed by atoms with Crippen LogP contribution in [0.5, 0.6) is 5.75 Å². The van der Waals surface area contributed by atoms with E-state index in [0.717, 1.165) is 16.7 Å². The summed E-state index contributed by atoms with van der Waals surface area (Å²) in [7, 11) is 0. The van der Waals surface area contributed by atoms with E-state index in [9.17, 15) is 9.59 Å². The fourth-order valence-electron chi connectivity index (χ4n) is 7.17. The molecule has 212 valence electrons. The quantitative estimate of drug-likeness (QED) is 0.203. The van der Waals surface area contributed by atoms with E-state index in [-0.39, 0.29) is 24.1 Å². The molecule has 4 atom stereocenters. The summed E-state index contributed by atoms with van der Waals surface area (Å²) in [5, 5.41) is 3.09. The Balaban J connectivity index is 1.52. The van der Waals surface area contributed by atoms with Gasteiger partial charge in [0.25, 0.3) is 0 Å². The van der Waals surface area contributed by atoms with Gasteiger partial charge in [-0.2, -0.15) is 0 Å². The molecule has 43 heavy (non-hydrogen) atoms. The summed E-state index contributed by atoms with van der Waals surface area (Å²) in [5.41, 5.74) is 3.64. The SMILES string of the molecule is C=CCOc1ccccc1C(=O)[C@@H]1[C@H](C(=O)c2ccc(C)cc2)N2C=Cc3ccccc3[C@@H]2[C@@]12C(=O)Nc1ccccc12. The normalized spacial score (nSPS) is 22.9. The fourth-order valence-corrected chi connectivity index (χ4v) is 7.17. The van der Waals surface area contributed by atoms with Crippen LogP contribution in [0.1, 0.15) is 49.0 Å². The highest BCUT2D eigenvalue weighted by molar-refractivity contribution is 6.17. The second kappa shape index (κ2) is 10.2. The molecule has 1 fully saturated rings. The standard InChI is InChI=1S/C37H30N2O4/c1-3-22-43-30-15-9-6-12-27(30)34(41)31-32(33(40)25-18-16-23(2)17-19-25)39-21-20-24-10-4-5-11-26(24)35(39)37(31)28-13-7-8-14-29(28)38-36(37)42/h3-21,31-32,35H,1,22H2,2H3,(H,38,42)/t31-,32+,35+,37-/m0/s1. The highest BCUT2D eigenvalue weighted by Gasteiger charge is 2.70. The zero-order valence-electron chi connectivity index (χ0n) is 23.7. The molecular formula is C37H30N2O4. The first-order chi connectivity index (χ1) is 21.0. The van der Waals surface area contributed by atoms with E-state index in [1.165, 1.54) is 0 Å². The van der Waals surface area contributed by atoms with Crippen LogP contribution in [-0.2, 0) is 10.2 Å². The molecule has 0 unspecified atom stereocenters. The number of ketones is 2. The molecule has 0 aromatic heterocycles. The molecule has 0 aliphatic carbocycles. The molecule has 3 heterocycles. The van der Waals surface area contributed by atoms with Gasteiger partial charge in [-0.05, 0) is 47.9 Å². The lowest BCUT2D eigenvalue weighted by molar-refractivity contribution is -0.122. The van der Waals surface area contributed by atoms with E-state index in [1.807, 2.05) is 84.8 Å². The Morgan fingerprint density at radius 2 is 1.65 bits per heavy atom. The molecule has 4 aromatic rings. The summed E-state index contributed by atoms with van der Waals surface area (Å²) in [6.07, 6.45) is 5.46. The van der Waals surface area contributed by atoms with Gasteiger partial charge in [0.15, 0.2) is 11.6 Å². The Morgan fingerprint density at radius 3 is 2.47 bits per heavy atom. The maximum absolute atomic E-state index is 15.1. The number of hydrogen-bond acceptors (Lipinski definition) is 5. The molecule has 0 radical (unpaired) electrons. The van der Waals surface area contributed by atoms with Crippen molar-refractivity contribution in [1.82, 2.24) is 4.90 Å². The van der Waals surface area contributed by atoms with Crippen LogP contribution in [0.2, 0.25) is 0 Å². The van der Waals surface area contributed by atoms with Gasteiger partial charge >= 0.3 is 0 Å². The minimum absolute atomic E-state index is 0.208. The molecule has 1 amide bonds. The van der Waals surface area contributed by atoms with E-state index in [1.54, 1.807) is 42.5 Å². The number of amides is 1. The summed E-state index contributed by atoms with van der Waals surface area (Å²) in [6.45, 7) is 5.92. The fraction of sp³-hybridized carbons (Fsp3) is 0.162. The van der Waals surface area contributed by atoms with Gasteiger partial charge in [0, 0.05) is 17.5 Å². The summed E-state index contributed by atoms with van der Waals surface area (Å²) < 4.78 is 5.93. The number of anilines is 1. The van der Waals surface area contributed by atoms with Crippen molar-refractivity contribution in [3.8, 4) is 5.75 Å². The molecule has 6 nitrogen and oxygen atoms in total. The second-order valence-electron chi connectivity index (χ2n) is 11.3. The largest absolute Gasteiger partial charge is 0.489 e. The number of nitrogens with one attached hydrogen (secondary N) is 1. The highest BCUT2D eigenvalue weighted by atomic mass is 16.5. The molecule has 4 aromatic carbocycles. The smallest absolute Gasteiger partial charge is 0.238 e. The lowest BCUT2D eigenvalue weighted by Gasteiger charge is -2.38. The Bertz CT molecular complexity index is 1820. The molecule has 6 heteroatoms. The van der Waals surface area contributed by atoms with Crippen molar-refractivity contribution in [3.63, 3.8) is 0 Å². The number of ether oxygens (including phenoxy) is 1. The number of carbonyl (C=O) groups excluding carboxylic acids is 3.